The minimum absolute atomic E-state index is 0.0404. The summed E-state index contributed by atoms with van der Waals surface area (Å²) in [5, 5.41) is 30.1. The van der Waals surface area contributed by atoms with E-state index < -0.39 is 6.10 Å². The number of pyridine rings is 2. The highest BCUT2D eigenvalue weighted by Crippen LogP contribution is 2.32. The molecular weight excluding hydrogens is 434 g/mol. The van der Waals surface area contributed by atoms with E-state index in [9.17, 15) is 15.1 Å². The number of rotatable bonds is 5. The van der Waals surface area contributed by atoms with Crippen molar-refractivity contribution in [2.24, 2.45) is 0 Å². The molecule has 34 heavy (non-hydrogen) atoms. The smallest absolute Gasteiger partial charge is 0.320 e. The molecule has 3 aromatic rings. The molecule has 1 aliphatic heterocycles. The Morgan fingerprint density at radius 3 is 2.68 bits per heavy atom. The molecule has 5 rings (SSSR count). The van der Waals surface area contributed by atoms with Gasteiger partial charge >= 0.3 is 5.95 Å². The summed E-state index contributed by atoms with van der Waals surface area (Å²) < 4.78 is 2.51. The average Bonchev–Trinajstić information content (AvgIpc) is 3.35. The summed E-state index contributed by atoms with van der Waals surface area (Å²) in [7, 11) is 0. The van der Waals surface area contributed by atoms with Crippen LogP contribution >= 0.6 is 0 Å². The number of hydrogen-bond acceptors (Lipinski definition) is 8. The van der Waals surface area contributed by atoms with Gasteiger partial charge in [-0.2, -0.15) is 9.97 Å². The van der Waals surface area contributed by atoms with Crippen molar-refractivity contribution in [3.8, 4) is 0 Å². The summed E-state index contributed by atoms with van der Waals surface area (Å²) in [6.07, 6.45) is 6.26. The van der Waals surface area contributed by atoms with Crippen LogP contribution in [0.5, 0.6) is 0 Å². The summed E-state index contributed by atoms with van der Waals surface area (Å²) in [4.78, 5) is 24.7. The quantitative estimate of drug-likeness (QED) is 0.387. The second kappa shape index (κ2) is 9.19. The third kappa shape index (κ3) is 4.07. The van der Waals surface area contributed by atoms with Gasteiger partial charge in [-0.3, -0.25) is 9.36 Å². The molecule has 1 saturated carbocycles. The Kier molecular flexibility index (Phi) is 6.09. The second-order valence-electron chi connectivity index (χ2n) is 9.22. The van der Waals surface area contributed by atoms with E-state index in [1.807, 2.05) is 13.0 Å². The number of piperazine rings is 1. The Balaban J connectivity index is 1.53. The lowest BCUT2D eigenvalue weighted by Crippen LogP contribution is -2.44. The molecule has 0 radical (unpaired) electrons. The van der Waals surface area contributed by atoms with Crippen LogP contribution in [0.15, 0.2) is 29.3 Å². The van der Waals surface area contributed by atoms with Gasteiger partial charge in [0.1, 0.15) is 6.20 Å². The van der Waals surface area contributed by atoms with Gasteiger partial charge in [-0.05, 0) is 38.3 Å². The van der Waals surface area contributed by atoms with Crippen LogP contribution in [0.25, 0.3) is 11.0 Å². The highest BCUT2D eigenvalue weighted by molar-refractivity contribution is 5.80. The van der Waals surface area contributed by atoms with Crippen LogP contribution in [0.3, 0.4) is 0 Å². The Labute approximate surface area is 197 Å². The van der Waals surface area contributed by atoms with Gasteiger partial charge in [0, 0.05) is 55.4 Å². The number of fused-ring (bicyclic) bond motifs is 1. The largest absolute Gasteiger partial charge is 0.711 e. The predicted molar refractivity (Wildman–Crippen MR) is 130 cm³/mol. The SMILES string of the molecule is Cc1c(C(C)O)c(=O)n(C2CCCC2)c2nc(Nc3ccc(N4CCNCC4)c[n+]3[O-])ncc12. The number of aromatic nitrogens is 4. The van der Waals surface area contributed by atoms with E-state index in [1.165, 1.54) is 0 Å². The number of aliphatic hydroxyl groups excluding tert-OH is 1. The molecule has 1 atom stereocenters. The Morgan fingerprint density at radius 1 is 1.26 bits per heavy atom. The van der Waals surface area contributed by atoms with Crippen LogP contribution in [0, 0.1) is 12.1 Å². The normalized spacial score (nSPS) is 17.9. The second-order valence-corrected chi connectivity index (χ2v) is 9.22. The first-order valence-electron chi connectivity index (χ1n) is 12.0. The van der Waals surface area contributed by atoms with Crippen molar-refractivity contribution in [3.05, 3.63) is 51.2 Å². The summed E-state index contributed by atoms with van der Waals surface area (Å²) in [5.41, 5.74) is 2.29. The molecule has 3 N–H and O–H groups in total. The molecule has 0 aromatic carbocycles. The molecule has 180 valence electrons. The van der Waals surface area contributed by atoms with E-state index >= 15 is 0 Å². The molecule has 1 saturated heterocycles. The van der Waals surface area contributed by atoms with Gasteiger partial charge in [-0.15, -0.1) is 0 Å². The molecule has 3 aromatic heterocycles. The van der Waals surface area contributed by atoms with Crippen molar-refractivity contribution in [2.45, 2.75) is 51.7 Å². The van der Waals surface area contributed by atoms with Gasteiger partial charge in [0.15, 0.2) is 5.65 Å². The maximum Gasteiger partial charge on any atom is 0.320 e. The fourth-order valence-corrected chi connectivity index (χ4v) is 5.20. The zero-order valence-corrected chi connectivity index (χ0v) is 19.6. The molecule has 0 bridgehead atoms. The first-order chi connectivity index (χ1) is 16.4. The Hall–Kier alpha value is -3.24. The number of nitrogens with one attached hydrogen (secondary N) is 2. The molecule has 4 heterocycles. The Bertz CT molecular complexity index is 1260. The molecule has 2 fully saturated rings. The maximum atomic E-state index is 13.4. The van der Waals surface area contributed by atoms with Crippen LogP contribution in [0.1, 0.15) is 55.9 Å². The van der Waals surface area contributed by atoms with E-state index in [-0.39, 0.29) is 17.5 Å². The third-order valence-corrected chi connectivity index (χ3v) is 6.98. The fourth-order valence-electron chi connectivity index (χ4n) is 5.20. The van der Waals surface area contributed by atoms with Crippen molar-refractivity contribution >= 4 is 28.5 Å². The third-order valence-electron chi connectivity index (χ3n) is 6.98. The van der Waals surface area contributed by atoms with E-state index in [4.69, 9.17) is 0 Å². The number of aryl methyl sites for hydroxylation is 1. The first-order valence-corrected chi connectivity index (χ1v) is 12.0. The monoisotopic (exact) mass is 465 g/mol. The van der Waals surface area contributed by atoms with Gasteiger partial charge in [0.25, 0.3) is 11.4 Å². The summed E-state index contributed by atoms with van der Waals surface area (Å²) >= 11 is 0. The van der Waals surface area contributed by atoms with E-state index in [2.05, 4.69) is 25.5 Å². The van der Waals surface area contributed by atoms with Crippen LogP contribution in [0.4, 0.5) is 17.5 Å². The molecule has 10 heteroatoms. The van der Waals surface area contributed by atoms with E-state index in [0.717, 1.165) is 67.7 Å². The zero-order chi connectivity index (χ0) is 23.8. The van der Waals surface area contributed by atoms with Crippen LogP contribution < -0.4 is 25.8 Å². The minimum Gasteiger partial charge on any atom is -0.711 e. The molecule has 0 amide bonds. The van der Waals surface area contributed by atoms with Crippen molar-refractivity contribution in [1.82, 2.24) is 19.9 Å². The lowest BCUT2D eigenvalue weighted by atomic mass is 10.0. The lowest BCUT2D eigenvalue weighted by Gasteiger charge is -2.29. The summed E-state index contributed by atoms with van der Waals surface area (Å²) in [5.74, 6) is 0.563. The molecule has 2 aliphatic rings. The van der Waals surface area contributed by atoms with Crippen LogP contribution in [-0.4, -0.2) is 45.8 Å². The molecule has 10 nitrogen and oxygen atoms in total. The van der Waals surface area contributed by atoms with Crippen molar-refractivity contribution in [2.75, 3.05) is 36.4 Å². The fraction of sp³-hybridized carbons (Fsp3) is 0.500. The summed E-state index contributed by atoms with van der Waals surface area (Å²) in [6.45, 7) is 6.93. The number of anilines is 3. The molecule has 1 aliphatic carbocycles. The zero-order valence-electron chi connectivity index (χ0n) is 19.6. The van der Waals surface area contributed by atoms with E-state index in [1.54, 1.807) is 30.0 Å². The first kappa shape index (κ1) is 22.5. The standard InChI is InChI=1S/C24H31N7O3/c1-15-19-13-26-24(27-20-8-7-18(14-30(20)34)29-11-9-25-10-12-29)28-22(19)31(17-5-3-4-6-17)23(33)21(15)16(2)32/h7-8,13-14,16-17,25,32H,3-6,9-12H2,1-2H3,(H,26,27,28). The molecule has 1 unspecified atom stereocenters. The van der Waals surface area contributed by atoms with Crippen molar-refractivity contribution in [3.63, 3.8) is 0 Å². The highest BCUT2D eigenvalue weighted by Gasteiger charge is 2.26. The predicted octanol–water partition coefficient (Wildman–Crippen LogP) is 2.05. The highest BCUT2D eigenvalue weighted by atomic mass is 16.5. The van der Waals surface area contributed by atoms with Gasteiger partial charge in [-0.1, -0.05) is 12.8 Å². The van der Waals surface area contributed by atoms with Crippen LogP contribution in [-0.2, 0) is 0 Å². The molecule has 0 spiro atoms. The average molecular weight is 466 g/mol. The lowest BCUT2D eigenvalue weighted by molar-refractivity contribution is -0.589. The van der Waals surface area contributed by atoms with Crippen molar-refractivity contribution in [1.29, 1.82) is 0 Å². The summed E-state index contributed by atoms with van der Waals surface area (Å²) in [6, 6.07) is 3.68. The van der Waals surface area contributed by atoms with Gasteiger partial charge < -0.3 is 20.5 Å². The molecular formula is C24H31N7O3. The van der Waals surface area contributed by atoms with Crippen LogP contribution in [0.2, 0.25) is 0 Å². The number of aliphatic hydroxyl groups is 1. The van der Waals surface area contributed by atoms with Crippen molar-refractivity contribution < 1.29 is 9.84 Å². The maximum absolute atomic E-state index is 13.4. The van der Waals surface area contributed by atoms with E-state index in [0.29, 0.717) is 22.6 Å². The van der Waals surface area contributed by atoms with Gasteiger partial charge in [-0.25, -0.2) is 10.0 Å². The Morgan fingerprint density at radius 2 is 2.00 bits per heavy atom. The topological polar surface area (TPSA) is 122 Å². The number of nitrogens with zero attached hydrogens (tertiary/aromatic N) is 5. The number of hydrogen-bond donors (Lipinski definition) is 3. The van der Waals surface area contributed by atoms with Gasteiger partial charge in [0.2, 0.25) is 0 Å². The van der Waals surface area contributed by atoms with Gasteiger partial charge in [0.05, 0.1) is 11.8 Å². The minimum atomic E-state index is -0.879.